The Labute approximate surface area is 124 Å². The van der Waals surface area contributed by atoms with E-state index in [4.69, 9.17) is 8.92 Å². The number of nitrogens with zero attached hydrogens (tertiary/aromatic N) is 1. The Morgan fingerprint density at radius 2 is 2.00 bits per heavy atom. The lowest BCUT2D eigenvalue weighted by Gasteiger charge is -2.37. The van der Waals surface area contributed by atoms with Crippen LogP contribution in [0.15, 0.2) is 0 Å². The number of likely N-dealkylation sites (tertiary alicyclic amines) is 1. The summed E-state index contributed by atoms with van der Waals surface area (Å²) in [4.78, 5) is 23.7. The van der Waals surface area contributed by atoms with E-state index in [1.54, 1.807) is 6.92 Å². The van der Waals surface area contributed by atoms with Gasteiger partial charge in [-0.3, -0.25) is 8.98 Å². The summed E-state index contributed by atoms with van der Waals surface area (Å²) in [6, 6.07) is -0.327. The zero-order valence-electron chi connectivity index (χ0n) is 12.1. The number of hydrogen-bond donors (Lipinski definition) is 1. The highest BCUT2D eigenvalue weighted by Gasteiger charge is 2.33. The summed E-state index contributed by atoms with van der Waals surface area (Å²) in [5.74, 6) is -0.364. The lowest BCUT2D eigenvalue weighted by molar-refractivity contribution is -0.143. The number of hydrogen-bond acceptors (Lipinski definition) is 6. The summed E-state index contributed by atoms with van der Waals surface area (Å²) >= 11 is 0. The molecule has 0 spiro atoms. The Morgan fingerprint density at radius 1 is 1.33 bits per heavy atom. The molecule has 1 aliphatic heterocycles. The molecule has 0 aromatic carbocycles. The van der Waals surface area contributed by atoms with E-state index in [0.717, 1.165) is 11.2 Å². The molecule has 1 rings (SSSR count). The molecule has 21 heavy (non-hydrogen) atoms. The molecule has 8 nitrogen and oxygen atoms in total. The summed E-state index contributed by atoms with van der Waals surface area (Å²) in [7, 11) is -3.62. The van der Waals surface area contributed by atoms with Crippen molar-refractivity contribution in [3.05, 3.63) is 0 Å². The number of rotatable bonds is 6. The van der Waals surface area contributed by atoms with Gasteiger partial charge in [0, 0.05) is 12.5 Å². The second-order valence-electron chi connectivity index (χ2n) is 4.93. The van der Waals surface area contributed by atoms with E-state index >= 15 is 0 Å². The Hall–Kier alpha value is -1.35. The maximum atomic E-state index is 11.3. The van der Waals surface area contributed by atoms with Gasteiger partial charge in [-0.15, -0.1) is 0 Å². The van der Waals surface area contributed by atoms with E-state index in [0.29, 0.717) is 19.3 Å². The number of amides is 1. The summed E-state index contributed by atoms with van der Waals surface area (Å²) < 4.78 is 31.8. The molecular formula is C12H21NO7S. The van der Waals surface area contributed by atoms with E-state index in [9.17, 15) is 23.1 Å². The number of carbonyl (C=O) groups excluding carboxylic acids is 1. The Kier molecular flexibility index (Phi) is 6.41. The number of esters is 1. The van der Waals surface area contributed by atoms with Crippen LogP contribution in [0, 0.1) is 0 Å². The molecule has 1 heterocycles. The fourth-order valence-electron chi connectivity index (χ4n) is 2.37. The largest absolute Gasteiger partial charge is 0.466 e. The van der Waals surface area contributed by atoms with Crippen molar-refractivity contribution >= 4 is 22.2 Å². The van der Waals surface area contributed by atoms with Gasteiger partial charge in [0.2, 0.25) is 0 Å². The van der Waals surface area contributed by atoms with Gasteiger partial charge in [-0.25, -0.2) is 4.79 Å². The molecule has 1 aliphatic rings. The number of carboxylic acid groups (broad SMARTS) is 1. The molecular weight excluding hydrogens is 302 g/mol. The van der Waals surface area contributed by atoms with Crippen LogP contribution in [0.5, 0.6) is 0 Å². The first kappa shape index (κ1) is 17.7. The van der Waals surface area contributed by atoms with Gasteiger partial charge >= 0.3 is 12.1 Å². The van der Waals surface area contributed by atoms with Crippen LogP contribution in [0.4, 0.5) is 4.79 Å². The van der Waals surface area contributed by atoms with Crippen molar-refractivity contribution < 1.29 is 32.0 Å². The van der Waals surface area contributed by atoms with Crippen molar-refractivity contribution in [2.45, 2.75) is 44.8 Å². The lowest BCUT2D eigenvalue weighted by atomic mass is 9.97. The predicted octanol–water partition coefficient (Wildman–Crippen LogP) is 0.817. The third-order valence-corrected chi connectivity index (χ3v) is 3.83. The van der Waals surface area contributed by atoms with Crippen LogP contribution in [-0.4, -0.2) is 62.0 Å². The first-order chi connectivity index (χ1) is 9.73. The standard InChI is InChI=1S/C12H21NO7S/c1-3-19-11(14)7-5-9-4-6-10(20-21(2,17)18)8-13(9)12(15)16/h9-10H,3-8H2,1-2H3,(H,15,16)/t9-,10+/m0/s1. The zero-order chi connectivity index (χ0) is 16.0. The average Bonchev–Trinajstić information content (AvgIpc) is 2.35. The van der Waals surface area contributed by atoms with E-state index in [1.807, 2.05) is 0 Å². The van der Waals surface area contributed by atoms with Gasteiger partial charge in [0.05, 0.1) is 25.5 Å². The van der Waals surface area contributed by atoms with Gasteiger partial charge in [0.15, 0.2) is 0 Å². The van der Waals surface area contributed by atoms with Crippen molar-refractivity contribution in [1.82, 2.24) is 4.90 Å². The Balaban J connectivity index is 2.58. The van der Waals surface area contributed by atoms with Crippen LogP contribution in [0.1, 0.15) is 32.6 Å². The van der Waals surface area contributed by atoms with Gasteiger partial charge in [-0.05, 0) is 26.2 Å². The summed E-state index contributed by atoms with van der Waals surface area (Å²) in [5, 5.41) is 9.20. The number of piperidine rings is 1. The monoisotopic (exact) mass is 323 g/mol. The molecule has 1 fully saturated rings. The second kappa shape index (κ2) is 7.60. The fraction of sp³-hybridized carbons (Fsp3) is 0.833. The molecule has 0 radical (unpaired) electrons. The molecule has 1 N–H and O–H groups in total. The SMILES string of the molecule is CCOC(=O)CC[C@@H]1CC[C@@H](OS(C)(=O)=O)CN1C(=O)O. The van der Waals surface area contributed by atoms with Crippen molar-refractivity contribution in [3.63, 3.8) is 0 Å². The minimum absolute atomic E-state index is 0.0180. The van der Waals surface area contributed by atoms with Gasteiger partial charge in [0.1, 0.15) is 0 Å². The van der Waals surface area contributed by atoms with E-state index in [-0.39, 0.29) is 31.6 Å². The Morgan fingerprint density at radius 3 is 2.52 bits per heavy atom. The molecule has 0 unspecified atom stereocenters. The summed E-state index contributed by atoms with van der Waals surface area (Å²) in [6.07, 6.45) is 0.498. The van der Waals surface area contributed by atoms with Gasteiger partial charge in [0.25, 0.3) is 10.1 Å². The maximum Gasteiger partial charge on any atom is 0.407 e. The fourth-order valence-corrected chi connectivity index (χ4v) is 3.02. The van der Waals surface area contributed by atoms with Gasteiger partial charge in [-0.2, -0.15) is 8.42 Å². The molecule has 1 amide bonds. The van der Waals surface area contributed by atoms with Crippen molar-refractivity contribution in [2.75, 3.05) is 19.4 Å². The van der Waals surface area contributed by atoms with E-state index in [2.05, 4.69) is 0 Å². The van der Waals surface area contributed by atoms with Crippen LogP contribution in [0.25, 0.3) is 0 Å². The third-order valence-electron chi connectivity index (χ3n) is 3.21. The van der Waals surface area contributed by atoms with Crippen LogP contribution >= 0.6 is 0 Å². The second-order valence-corrected chi connectivity index (χ2v) is 6.53. The van der Waals surface area contributed by atoms with E-state index in [1.165, 1.54) is 0 Å². The molecule has 122 valence electrons. The topological polar surface area (TPSA) is 110 Å². The van der Waals surface area contributed by atoms with E-state index < -0.39 is 22.3 Å². The minimum Gasteiger partial charge on any atom is -0.466 e. The quantitative estimate of drug-likeness (QED) is 0.569. The number of ether oxygens (including phenoxy) is 1. The van der Waals surface area contributed by atoms with Crippen molar-refractivity contribution in [1.29, 1.82) is 0 Å². The maximum absolute atomic E-state index is 11.3. The molecule has 0 saturated carbocycles. The first-order valence-corrected chi connectivity index (χ1v) is 8.58. The third kappa shape index (κ3) is 6.30. The normalized spacial score (nSPS) is 22.9. The number of carbonyl (C=O) groups is 2. The van der Waals surface area contributed by atoms with Gasteiger partial charge in [-0.1, -0.05) is 0 Å². The molecule has 9 heteroatoms. The molecule has 1 saturated heterocycles. The zero-order valence-corrected chi connectivity index (χ0v) is 13.0. The molecule has 0 aromatic heterocycles. The first-order valence-electron chi connectivity index (χ1n) is 6.76. The minimum atomic E-state index is -3.62. The highest BCUT2D eigenvalue weighted by atomic mass is 32.2. The highest BCUT2D eigenvalue weighted by molar-refractivity contribution is 7.86. The average molecular weight is 323 g/mol. The highest BCUT2D eigenvalue weighted by Crippen LogP contribution is 2.24. The molecule has 0 bridgehead atoms. The van der Waals surface area contributed by atoms with Crippen LogP contribution < -0.4 is 0 Å². The van der Waals surface area contributed by atoms with Crippen LogP contribution in [-0.2, 0) is 23.8 Å². The predicted molar refractivity (Wildman–Crippen MR) is 73.3 cm³/mol. The van der Waals surface area contributed by atoms with Crippen LogP contribution in [0.3, 0.4) is 0 Å². The molecule has 0 aromatic rings. The Bertz CT molecular complexity index is 476. The molecule has 0 aliphatic carbocycles. The van der Waals surface area contributed by atoms with Crippen LogP contribution in [0.2, 0.25) is 0 Å². The van der Waals surface area contributed by atoms with Gasteiger partial charge < -0.3 is 14.7 Å². The summed E-state index contributed by atoms with van der Waals surface area (Å²) in [6.45, 7) is 1.97. The van der Waals surface area contributed by atoms with Crippen molar-refractivity contribution in [2.24, 2.45) is 0 Å². The molecule has 2 atom stereocenters. The van der Waals surface area contributed by atoms with Crippen molar-refractivity contribution in [3.8, 4) is 0 Å². The smallest absolute Gasteiger partial charge is 0.407 e. The summed E-state index contributed by atoms with van der Waals surface area (Å²) in [5.41, 5.74) is 0. The lowest BCUT2D eigenvalue weighted by Crippen LogP contribution is -2.49.